The van der Waals surface area contributed by atoms with Crippen molar-refractivity contribution in [3.63, 3.8) is 0 Å². The number of hydrogen-bond acceptors (Lipinski definition) is 2. The number of carbonyl (C=O) groups is 1. The first-order valence-electron chi connectivity index (χ1n) is 8.45. The van der Waals surface area contributed by atoms with Crippen LogP contribution in [0.25, 0.3) is 0 Å². The van der Waals surface area contributed by atoms with Crippen molar-refractivity contribution in [1.29, 1.82) is 0 Å². The molecule has 0 bridgehead atoms. The van der Waals surface area contributed by atoms with Crippen molar-refractivity contribution in [1.82, 2.24) is 10.6 Å². The average molecular weight is 280 g/mol. The molecule has 0 spiro atoms. The van der Waals surface area contributed by atoms with Gasteiger partial charge in [0.05, 0.1) is 0 Å². The number of hydrogen-bond donors (Lipinski definition) is 2. The SMILES string of the molecule is CC(C)(C)C1CCC(CNCCC(=O)NC2CC2)CC1. The largest absolute Gasteiger partial charge is 0.353 e. The second-order valence-corrected chi connectivity index (χ2v) is 7.88. The lowest BCUT2D eigenvalue weighted by Crippen LogP contribution is -2.33. The van der Waals surface area contributed by atoms with Gasteiger partial charge >= 0.3 is 0 Å². The summed E-state index contributed by atoms with van der Waals surface area (Å²) in [7, 11) is 0. The summed E-state index contributed by atoms with van der Waals surface area (Å²) in [6.07, 6.45) is 8.43. The van der Waals surface area contributed by atoms with Crippen LogP contribution in [-0.4, -0.2) is 25.0 Å². The van der Waals surface area contributed by atoms with Crippen molar-refractivity contribution in [2.75, 3.05) is 13.1 Å². The quantitative estimate of drug-likeness (QED) is 0.734. The van der Waals surface area contributed by atoms with Crippen molar-refractivity contribution in [3.05, 3.63) is 0 Å². The van der Waals surface area contributed by atoms with Crippen LogP contribution in [0.5, 0.6) is 0 Å². The van der Waals surface area contributed by atoms with Gasteiger partial charge in [-0.2, -0.15) is 0 Å². The number of rotatable bonds is 6. The number of amides is 1. The summed E-state index contributed by atoms with van der Waals surface area (Å²) in [5, 5.41) is 6.51. The van der Waals surface area contributed by atoms with E-state index in [4.69, 9.17) is 0 Å². The van der Waals surface area contributed by atoms with Gasteiger partial charge in [0.25, 0.3) is 0 Å². The molecule has 2 fully saturated rings. The highest BCUT2D eigenvalue weighted by Gasteiger charge is 2.29. The summed E-state index contributed by atoms with van der Waals surface area (Å²) in [4.78, 5) is 11.5. The molecule has 0 aromatic heterocycles. The zero-order chi connectivity index (χ0) is 14.6. The van der Waals surface area contributed by atoms with Gasteiger partial charge in [-0.15, -0.1) is 0 Å². The summed E-state index contributed by atoms with van der Waals surface area (Å²) >= 11 is 0. The van der Waals surface area contributed by atoms with Gasteiger partial charge in [-0.25, -0.2) is 0 Å². The molecule has 1 amide bonds. The third-order valence-electron chi connectivity index (χ3n) is 4.98. The lowest BCUT2D eigenvalue weighted by molar-refractivity contribution is -0.121. The van der Waals surface area contributed by atoms with E-state index in [2.05, 4.69) is 31.4 Å². The van der Waals surface area contributed by atoms with E-state index in [9.17, 15) is 4.79 Å². The van der Waals surface area contributed by atoms with E-state index < -0.39 is 0 Å². The molecule has 0 saturated heterocycles. The zero-order valence-electron chi connectivity index (χ0n) is 13.5. The molecule has 2 aliphatic carbocycles. The minimum Gasteiger partial charge on any atom is -0.353 e. The molecule has 20 heavy (non-hydrogen) atoms. The zero-order valence-corrected chi connectivity index (χ0v) is 13.5. The second-order valence-electron chi connectivity index (χ2n) is 7.88. The van der Waals surface area contributed by atoms with Gasteiger partial charge in [-0.05, 0) is 62.3 Å². The molecule has 3 heteroatoms. The van der Waals surface area contributed by atoms with Crippen molar-refractivity contribution < 1.29 is 4.79 Å². The first kappa shape index (κ1) is 15.8. The minimum absolute atomic E-state index is 0.219. The molecule has 2 rings (SSSR count). The Bertz CT molecular complexity index is 309. The molecule has 0 atom stereocenters. The van der Waals surface area contributed by atoms with Gasteiger partial charge in [-0.1, -0.05) is 20.8 Å². The number of carbonyl (C=O) groups excluding carboxylic acids is 1. The van der Waals surface area contributed by atoms with Crippen LogP contribution in [0.3, 0.4) is 0 Å². The molecule has 3 nitrogen and oxygen atoms in total. The monoisotopic (exact) mass is 280 g/mol. The standard InChI is InChI=1S/C17H32N2O/c1-17(2,3)14-6-4-13(5-7-14)12-18-11-10-16(20)19-15-8-9-15/h13-15,18H,4-12H2,1-3H3,(H,19,20). The maximum atomic E-state index is 11.5. The predicted molar refractivity (Wildman–Crippen MR) is 83.6 cm³/mol. The molecule has 2 N–H and O–H groups in total. The van der Waals surface area contributed by atoms with E-state index in [0.717, 1.165) is 24.9 Å². The summed E-state index contributed by atoms with van der Waals surface area (Å²) in [5.41, 5.74) is 0.472. The summed E-state index contributed by atoms with van der Waals surface area (Å²) in [6, 6.07) is 0.496. The predicted octanol–water partition coefficient (Wildman–Crippen LogP) is 3.10. The normalized spacial score (nSPS) is 27.4. The summed E-state index contributed by atoms with van der Waals surface area (Å²) < 4.78 is 0. The Kier molecular flexibility index (Phi) is 5.48. The maximum Gasteiger partial charge on any atom is 0.221 e. The number of nitrogens with one attached hydrogen (secondary N) is 2. The molecular formula is C17H32N2O. The van der Waals surface area contributed by atoms with Gasteiger partial charge in [0.15, 0.2) is 0 Å². The lowest BCUT2D eigenvalue weighted by Gasteiger charge is -2.37. The van der Waals surface area contributed by atoms with Crippen LogP contribution >= 0.6 is 0 Å². The Morgan fingerprint density at radius 3 is 2.25 bits per heavy atom. The van der Waals surface area contributed by atoms with Crippen LogP contribution < -0.4 is 10.6 Å². The highest BCUT2D eigenvalue weighted by Crippen LogP contribution is 2.39. The van der Waals surface area contributed by atoms with Crippen molar-refractivity contribution in [2.24, 2.45) is 17.3 Å². The third kappa shape index (κ3) is 5.43. The van der Waals surface area contributed by atoms with E-state index in [1.165, 1.54) is 38.5 Å². The molecule has 2 aliphatic rings. The van der Waals surface area contributed by atoms with Crippen LogP contribution in [0.4, 0.5) is 0 Å². The highest BCUT2D eigenvalue weighted by atomic mass is 16.1. The fourth-order valence-corrected chi connectivity index (χ4v) is 3.27. The van der Waals surface area contributed by atoms with E-state index in [1.807, 2.05) is 0 Å². The van der Waals surface area contributed by atoms with Crippen molar-refractivity contribution >= 4 is 5.91 Å². The van der Waals surface area contributed by atoms with E-state index in [-0.39, 0.29) is 5.91 Å². The summed E-state index contributed by atoms with van der Waals surface area (Å²) in [6.45, 7) is 9.03. The first-order chi connectivity index (χ1) is 9.45. The van der Waals surface area contributed by atoms with Crippen molar-refractivity contribution in [3.8, 4) is 0 Å². The van der Waals surface area contributed by atoms with E-state index in [0.29, 0.717) is 17.9 Å². The van der Waals surface area contributed by atoms with Crippen molar-refractivity contribution in [2.45, 2.75) is 71.8 Å². The Morgan fingerprint density at radius 2 is 1.70 bits per heavy atom. The summed E-state index contributed by atoms with van der Waals surface area (Å²) in [5.74, 6) is 1.93. The second kappa shape index (κ2) is 6.93. The smallest absolute Gasteiger partial charge is 0.221 e. The molecule has 0 aliphatic heterocycles. The maximum absolute atomic E-state index is 11.5. The Labute approximate surface area is 124 Å². The molecule has 0 aromatic carbocycles. The van der Waals surface area contributed by atoms with Gasteiger partial charge in [0, 0.05) is 19.0 Å². The Morgan fingerprint density at radius 1 is 1.05 bits per heavy atom. The van der Waals surface area contributed by atoms with Crippen LogP contribution in [0.15, 0.2) is 0 Å². The molecule has 116 valence electrons. The first-order valence-corrected chi connectivity index (χ1v) is 8.45. The molecule has 0 heterocycles. The fraction of sp³-hybridized carbons (Fsp3) is 0.941. The van der Waals surface area contributed by atoms with Crippen LogP contribution in [-0.2, 0) is 4.79 Å². The average Bonchev–Trinajstić information content (AvgIpc) is 3.18. The van der Waals surface area contributed by atoms with Crippen LogP contribution in [0.1, 0.15) is 65.7 Å². The minimum atomic E-state index is 0.219. The molecule has 0 unspecified atom stereocenters. The van der Waals surface area contributed by atoms with E-state index in [1.54, 1.807) is 0 Å². The fourth-order valence-electron chi connectivity index (χ4n) is 3.27. The molecule has 2 saturated carbocycles. The Balaban J connectivity index is 1.51. The van der Waals surface area contributed by atoms with Gasteiger partial charge in [0.2, 0.25) is 5.91 Å². The van der Waals surface area contributed by atoms with Gasteiger partial charge < -0.3 is 10.6 Å². The van der Waals surface area contributed by atoms with Gasteiger partial charge in [0.1, 0.15) is 0 Å². The van der Waals surface area contributed by atoms with E-state index >= 15 is 0 Å². The van der Waals surface area contributed by atoms with Crippen LogP contribution in [0.2, 0.25) is 0 Å². The molecule has 0 radical (unpaired) electrons. The van der Waals surface area contributed by atoms with Gasteiger partial charge in [-0.3, -0.25) is 4.79 Å². The van der Waals surface area contributed by atoms with Crippen LogP contribution in [0, 0.1) is 17.3 Å². The highest BCUT2D eigenvalue weighted by molar-refractivity contribution is 5.76. The molecular weight excluding hydrogens is 248 g/mol. The topological polar surface area (TPSA) is 41.1 Å². The molecule has 0 aromatic rings. The lowest BCUT2D eigenvalue weighted by atomic mass is 9.70. The third-order valence-corrected chi connectivity index (χ3v) is 4.98. The Hall–Kier alpha value is -0.570.